The Morgan fingerprint density at radius 3 is 2.63 bits per heavy atom. The van der Waals surface area contributed by atoms with Gasteiger partial charge in [-0.15, -0.1) is 0 Å². The molecular weight excluding hydrogens is 372 g/mol. The topological polar surface area (TPSA) is 57.5 Å². The van der Waals surface area contributed by atoms with Crippen LogP contribution < -0.4 is 15.5 Å². The van der Waals surface area contributed by atoms with Crippen molar-refractivity contribution in [1.29, 1.82) is 0 Å². The van der Waals surface area contributed by atoms with E-state index in [9.17, 15) is 0 Å². The average molecular weight is 401 g/mol. The third-order valence-electron chi connectivity index (χ3n) is 5.27. The van der Waals surface area contributed by atoms with E-state index >= 15 is 0 Å². The molecule has 0 bridgehead atoms. The van der Waals surface area contributed by atoms with Crippen molar-refractivity contribution in [3.8, 4) is 5.69 Å². The van der Waals surface area contributed by atoms with Gasteiger partial charge in [0.15, 0.2) is 5.96 Å². The summed E-state index contributed by atoms with van der Waals surface area (Å²) in [6.45, 7) is 4.81. The van der Waals surface area contributed by atoms with Gasteiger partial charge >= 0.3 is 0 Å². The van der Waals surface area contributed by atoms with Crippen molar-refractivity contribution in [2.45, 2.75) is 19.5 Å². The van der Waals surface area contributed by atoms with Crippen LogP contribution in [0.15, 0.2) is 84.1 Å². The summed E-state index contributed by atoms with van der Waals surface area (Å²) in [5, 5.41) is 11.2. The third kappa shape index (κ3) is 4.71. The summed E-state index contributed by atoms with van der Waals surface area (Å²) in [6.07, 6.45) is 8.15. The molecule has 1 atom stereocenters. The van der Waals surface area contributed by atoms with E-state index in [1.807, 2.05) is 16.9 Å². The Hall–Kier alpha value is -3.54. The predicted molar refractivity (Wildman–Crippen MR) is 123 cm³/mol. The van der Waals surface area contributed by atoms with Crippen LogP contribution in [0.1, 0.15) is 24.1 Å². The van der Waals surface area contributed by atoms with Gasteiger partial charge in [0, 0.05) is 44.8 Å². The largest absolute Gasteiger partial charge is 0.364 e. The molecule has 0 radical (unpaired) electrons. The molecule has 30 heavy (non-hydrogen) atoms. The molecule has 2 aromatic carbocycles. The molecule has 0 amide bonds. The molecule has 6 nitrogen and oxygen atoms in total. The first-order chi connectivity index (χ1) is 14.7. The van der Waals surface area contributed by atoms with Crippen molar-refractivity contribution in [2.75, 3.05) is 25.0 Å². The highest BCUT2D eigenvalue weighted by Crippen LogP contribution is 2.19. The van der Waals surface area contributed by atoms with E-state index in [-0.39, 0.29) is 6.04 Å². The molecule has 2 heterocycles. The van der Waals surface area contributed by atoms with Crippen LogP contribution in [0, 0.1) is 0 Å². The summed E-state index contributed by atoms with van der Waals surface area (Å²) in [7, 11) is 1.80. The average Bonchev–Trinajstić information content (AvgIpc) is 3.51. The Kier molecular flexibility index (Phi) is 6.13. The standard InChI is InChI=1S/C24H28N6/c1-19(21-9-6-11-23(17-21)30-15-7-12-27-30)28-24(25-2)26-18-20-8-5-10-22(16-20)29-13-3-4-14-29/h3-12,15-17,19H,13-14,18H2,1-2H3,(H2,25,26,28). The van der Waals surface area contributed by atoms with Gasteiger partial charge in [-0.25, -0.2) is 4.68 Å². The van der Waals surface area contributed by atoms with Gasteiger partial charge in [-0.3, -0.25) is 4.99 Å². The Bertz CT molecular complexity index is 1010. The van der Waals surface area contributed by atoms with Crippen molar-refractivity contribution in [3.63, 3.8) is 0 Å². The number of hydrogen-bond acceptors (Lipinski definition) is 3. The summed E-state index contributed by atoms with van der Waals surface area (Å²) >= 11 is 0. The Morgan fingerprint density at radius 1 is 1.07 bits per heavy atom. The molecule has 154 valence electrons. The van der Waals surface area contributed by atoms with Gasteiger partial charge in [-0.1, -0.05) is 36.4 Å². The van der Waals surface area contributed by atoms with Gasteiger partial charge in [0.05, 0.1) is 11.7 Å². The maximum atomic E-state index is 4.40. The summed E-state index contributed by atoms with van der Waals surface area (Å²) in [6, 6.07) is 19.1. The van der Waals surface area contributed by atoms with Crippen LogP contribution in [0.3, 0.4) is 0 Å². The van der Waals surface area contributed by atoms with Crippen LogP contribution in [0.4, 0.5) is 5.69 Å². The molecule has 1 unspecified atom stereocenters. The Balaban J connectivity index is 1.37. The van der Waals surface area contributed by atoms with Crippen LogP contribution in [-0.2, 0) is 6.54 Å². The number of anilines is 1. The van der Waals surface area contributed by atoms with Crippen LogP contribution in [0.5, 0.6) is 0 Å². The van der Waals surface area contributed by atoms with Crippen molar-refractivity contribution in [3.05, 3.63) is 90.3 Å². The number of aliphatic imine (C=N–C) groups is 1. The predicted octanol–water partition coefficient (Wildman–Crippen LogP) is 3.67. The molecule has 1 aliphatic rings. The van der Waals surface area contributed by atoms with Gasteiger partial charge in [0.1, 0.15) is 0 Å². The lowest BCUT2D eigenvalue weighted by atomic mass is 10.1. The molecular formula is C24H28N6. The molecule has 0 fully saturated rings. The number of hydrogen-bond donors (Lipinski definition) is 2. The minimum atomic E-state index is 0.105. The van der Waals surface area contributed by atoms with Crippen LogP contribution in [0.2, 0.25) is 0 Å². The smallest absolute Gasteiger partial charge is 0.191 e. The first-order valence-corrected chi connectivity index (χ1v) is 10.3. The fourth-order valence-corrected chi connectivity index (χ4v) is 3.58. The van der Waals surface area contributed by atoms with Gasteiger partial charge in [-0.05, 0) is 48.4 Å². The third-order valence-corrected chi connectivity index (χ3v) is 5.27. The van der Waals surface area contributed by atoms with E-state index in [2.05, 4.69) is 93.2 Å². The number of guanidine groups is 1. The van der Waals surface area contributed by atoms with Gasteiger partial charge in [0.25, 0.3) is 0 Å². The lowest BCUT2D eigenvalue weighted by Gasteiger charge is -2.20. The number of nitrogens with one attached hydrogen (secondary N) is 2. The maximum Gasteiger partial charge on any atom is 0.191 e. The summed E-state index contributed by atoms with van der Waals surface area (Å²) in [5.41, 5.74) is 4.71. The lowest BCUT2D eigenvalue weighted by Crippen LogP contribution is -2.38. The fourth-order valence-electron chi connectivity index (χ4n) is 3.58. The summed E-state index contributed by atoms with van der Waals surface area (Å²) in [5.74, 6) is 0.778. The van der Waals surface area contributed by atoms with E-state index in [1.54, 1.807) is 13.2 Å². The lowest BCUT2D eigenvalue weighted by molar-refractivity contribution is 0.684. The Labute approximate surface area is 177 Å². The fraction of sp³-hybridized carbons (Fsp3) is 0.250. The number of aromatic nitrogens is 2. The first kappa shape index (κ1) is 19.8. The number of benzene rings is 2. The van der Waals surface area contributed by atoms with Gasteiger partial charge in [0.2, 0.25) is 0 Å². The quantitative estimate of drug-likeness (QED) is 0.377. The van der Waals surface area contributed by atoms with E-state index in [1.165, 1.54) is 16.8 Å². The van der Waals surface area contributed by atoms with Crippen molar-refractivity contribution in [2.24, 2.45) is 4.99 Å². The van der Waals surface area contributed by atoms with Crippen LogP contribution >= 0.6 is 0 Å². The molecule has 1 aliphatic heterocycles. The van der Waals surface area contributed by atoms with E-state index in [0.29, 0.717) is 0 Å². The highest BCUT2D eigenvalue weighted by molar-refractivity contribution is 5.80. The van der Waals surface area contributed by atoms with Crippen LogP contribution in [0.25, 0.3) is 5.69 Å². The second kappa shape index (κ2) is 9.31. The van der Waals surface area contributed by atoms with Crippen molar-refractivity contribution in [1.82, 2.24) is 20.4 Å². The second-order valence-corrected chi connectivity index (χ2v) is 7.38. The second-order valence-electron chi connectivity index (χ2n) is 7.38. The number of nitrogens with zero attached hydrogens (tertiary/aromatic N) is 4. The van der Waals surface area contributed by atoms with E-state index < -0.39 is 0 Å². The maximum absolute atomic E-state index is 4.40. The SMILES string of the molecule is CN=C(NCc1cccc(N2CC=CC2)c1)NC(C)c1cccc(-n2cccn2)c1. The molecule has 0 saturated carbocycles. The molecule has 0 saturated heterocycles. The minimum Gasteiger partial charge on any atom is -0.364 e. The highest BCUT2D eigenvalue weighted by Gasteiger charge is 2.11. The normalized spacial score (nSPS) is 14.7. The van der Waals surface area contributed by atoms with E-state index in [4.69, 9.17) is 0 Å². The molecule has 0 aliphatic carbocycles. The molecule has 6 heteroatoms. The summed E-state index contributed by atoms with van der Waals surface area (Å²) in [4.78, 5) is 6.75. The van der Waals surface area contributed by atoms with Crippen molar-refractivity contribution >= 4 is 11.6 Å². The molecule has 1 aromatic heterocycles. The first-order valence-electron chi connectivity index (χ1n) is 10.3. The minimum absolute atomic E-state index is 0.105. The zero-order valence-corrected chi connectivity index (χ0v) is 17.5. The number of rotatable bonds is 6. The van der Waals surface area contributed by atoms with Crippen molar-refractivity contribution < 1.29 is 0 Å². The zero-order valence-electron chi connectivity index (χ0n) is 17.5. The molecule has 0 spiro atoms. The molecule has 3 aromatic rings. The van der Waals surface area contributed by atoms with Crippen LogP contribution in [-0.4, -0.2) is 35.9 Å². The summed E-state index contributed by atoms with van der Waals surface area (Å²) < 4.78 is 1.87. The van der Waals surface area contributed by atoms with Gasteiger partial charge in [-0.2, -0.15) is 5.10 Å². The Morgan fingerprint density at radius 2 is 1.87 bits per heavy atom. The zero-order chi connectivity index (χ0) is 20.8. The monoisotopic (exact) mass is 400 g/mol. The van der Waals surface area contributed by atoms with E-state index in [0.717, 1.165) is 31.3 Å². The molecule has 2 N–H and O–H groups in total. The van der Waals surface area contributed by atoms with Gasteiger partial charge < -0.3 is 15.5 Å². The molecule has 4 rings (SSSR count). The highest BCUT2D eigenvalue weighted by atomic mass is 15.3.